The van der Waals surface area contributed by atoms with Crippen molar-refractivity contribution in [3.8, 4) is 17.1 Å². The first-order valence-electron chi connectivity index (χ1n) is 15.3. The summed E-state index contributed by atoms with van der Waals surface area (Å²) >= 11 is 0. The Labute approximate surface area is 240 Å². The molecule has 5 heterocycles. The number of nitrogens with two attached hydrogens (primary N) is 1. The minimum atomic E-state index is -0.327. The van der Waals surface area contributed by atoms with Gasteiger partial charge in [0.05, 0.1) is 0 Å². The molecular formula is C32H40FN7O. The molecule has 3 saturated heterocycles. The van der Waals surface area contributed by atoms with Crippen molar-refractivity contribution >= 4 is 27.6 Å². The lowest BCUT2D eigenvalue weighted by atomic mass is 9.98. The van der Waals surface area contributed by atoms with Gasteiger partial charge in [-0.1, -0.05) is 25.1 Å². The molecule has 0 unspecified atom stereocenters. The summed E-state index contributed by atoms with van der Waals surface area (Å²) in [5, 5.41) is 5.50. The lowest BCUT2D eigenvalue weighted by Crippen LogP contribution is -2.51. The van der Waals surface area contributed by atoms with E-state index < -0.39 is 0 Å². The van der Waals surface area contributed by atoms with Gasteiger partial charge in [-0.15, -0.1) is 0 Å². The highest BCUT2D eigenvalue weighted by molar-refractivity contribution is 6.01. The highest BCUT2D eigenvalue weighted by Gasteiger charge is 2.34. The molecule has 7 rings (SSSR count). The number of halogens is 1. The van der Waals surface area contributed by atoms with Gasteiger partial charge in [-0.2, -0.15) is 9.97 Å². The number of nitrogens with one attached hydrogen (secondary N) is 2. The molecule has 8 nitrogen and oxygen atoms in total. The third-order valence-corrected chi connectivity index (χ3v) is 9.30. The van der Waals surface area contributed by atoms with Crippen molar-refractivity contribution in [2.45, 2.75) is 63.6 Å². The van der Waals surface area contributed by atoms with E-state index in [2.05, 4.69) is 33.1 Å². The van der Waals surface area contributed by atoms with E-state index >= 15 is 4.39 Å². The fraction of sp³-hybridized carbons (Fsp3) is 0.500. The summed E-state index contributed by atoms with van der Waals surface area (Å²) in [6, 6.07) is 11.5. The van der Waals surface area contributed by atoms with E-state index in [1.807, 2.05) is 30.5 Å². The molecule has 3 aliphatic heterocycles. The van der Waals surface area contributed by atoms with E-state index in [0.717, 1.165) is 92.4 Å². The zero-order chi connectivity index (χ0) is 27.9. The number of piperazine rings is 1. The van der Waals surface area contributed by atoms with E-state index in [1.54, 1.807) is 0 Å². The van der Waals surface area contributed by atoms with E-state index in [1.165, 1.54) is 5.56 Å². The number of aryl methyl sites for hydroxylation is 1. The Balaban J connectivity index is 1.29. The van der Waals surface area contributed by atoms with E-state index in [0.29, 0.717) is 42.4 Å². The SMILES string of the molecule is CCc1cccc2[nH]cc(-c3ccc4c(N5C[C@H]6CC[C@@H](C5)N6)nc(OC[C@@H]5CCCN5CCCN)nc4c3F)c12. The van der Waals surface area contributed by atoms with Crippen molar-refractivity contribution < 1.29 is 9.13 Å². The minimum Gasteiger partial charge on any atom is -0.462 e. The number of rotatable bonds is 9. The molecule has 3 atom stereocenters. The Morgan fingerprint density at radius 3 is 2.73 bits per heavy atom. The number of aromatic amines is 1. The van der Waals surface area contributed by atoms with Crippen molar-refractivity contribution in [3.05, 3.63) is 47.9 Å². The van der Waals surface area contributed by atoms with Gasteiger partial charge in [0.2, 0.25) is 0 Å². The largest absolute Gasteiger partial charge is 0.462 e. The van der Waals surface area contributed by atoms with Crippen LogP contribution in [-0.4, -0.2) is 77.3 Å². The molecule has 0 saturated carbocycles. The number of benzene rings is 2. The molecule has 2 bridgehead atoms. The van der Waals surface area contributed by atoms with E-state index in [-0.39, 0.29) is 11.8 Å². The van der Waals surface area contributed by atoms with Crippen molar-refractivity contribution in [3.63, 3.8) is 0 Å². The highest BCUT2D eigenvalue weighted by atomic mass is 19.1. The lowest BCUT2D eigenvalue weighted by molar-refractivity contribution is 0.164. The van der Waals surface area contributed by atoms with Gasteiger partial charge in [0.15, 0.2) is 5.82 Å². The van der Waals surface area contributed by atoms with Crippen LogP contribution in [0.1, 0.15) is 44.6 Å². The van der Waals surface area contributed by atoms with Gasteiger partial charge >= 0.3 is 6.01 Å². The van der Waals surface area contributed by atoms with Crippen LogP contribution in [0.5, 0.6) is 6.01 Å². The molecule has 216 valence electrons. The number of anilines is 1. The van der Waals surface area contributed by atoms with Crippen molar-refractivity contribution in [2.75, 3.05) is 44.2 Å². The number of hydrogen-bond acceptors (Lipinski definition) is 7. The first-order valence-corrected chi connectivity index (χ1v) is 15.3. The van der Waals surface area contributed by atoms with Gasteiger partial charge in [0, 0.05) is 64.8 Å². The van der Waals surface area contributed by atoms with Crippen LogP contribution in [-0.2, 0) is 6.42 Å². The Hall–Kier alpha value is -3.27. The quantitative estimate of drug-likeness (QED) is 0.277. The number of likely N-dealkylation sites (tertiary alicyclic amines) is 1. The number of H-pyrrole nitrogens is 1. The predicted molar refractivity (Wildman–Crippen MR) is 162 cm³/mol. The second kappa shape index (κ2) is 11.2. The highest BCUT2D eigenvalue weighted by Crippen LogP contribution is 2.38. The van der Waals surface area contributed by atoms with Crippen molar-refractivity contribution in [1.82, 2.24) is 25.2 Å². The fourth-order valence-corrected chi connectivity index (χ4v) is 7.22. The molecule has 9 heteroatoms. The van der Waals surface area contributed by atoms with Crippen molar-refractivity contribution in [1.29, 1.82) is 0 Å². The van der Waals surface area contributed by atoms with Gasteiger partial charge in [-0.3, -0.25) is 4.90 Å². The Bertz CT molecular complexity index is 1540. The van der Waals surface area contributed by atoms with Crippen LogP contribution in [0.3, 0.4) is 0 Å². The topological polar surface area (TPSA) is 95.3 Å². The molecule has 4 N–H and O–H groups in total. The van der Waals surface area contributed by atoms with Crippen LogP contribution in [0.15, 0.2) is 36.5 Å². The molecule has 3 aliphatic rings. The van der Waals surface area contributed by atoms with E-state index in [9.17, 15) is 0 Å². The Morgan fingerprint density at radius 2 is 1.93 bits per heavy atom. The van der Waals surface area contributed by atoms with Crippen LogP contribution in [0.2, 0.25) is 0 Å². The fourth-order valence-electron chi connectivity index (χ4n) is 7.22. The average molecular weight is 558 g/mol. The van der Waals surface area contributed by atoms with Gasteiger partial charge in [-0.05, 0) is 75.9 Å². The van der Waals surface area contributed by atoms with Crippen LogP contribution < -0.4 is 20.7 Å². The monoisotopic (exact) mass is 557 g/mol. The molecule has 0 radical (unpaired) electrons. The smallest absolute Gasteiger partial charge is 0.319 e. The second-order valence-electron chi connectivity index (χ2n) is 11.9. The molecule has 0 spiro atoms. The summed E-state index contributed by atoms with van der Waals surface area (Å²) in [6.07, 6.45) is 8.30. The van der Waals surface area contributed by atoms with Crippen molar-refractivity contribution in [2.24, 2.45) is 5.73 Å². The second-order valence-corrected chi connectivity index (χ2v) is 11.9. The van der Waals surface area contributed by atoms with Gasteiger partial charge < -0.3 is 25.7 Å². The lowest BCUT2D eigenvalue weighted by Gasteiger charge is -2.34. The van der Waals surface area contributed by atoms with Crippen LogP contribution in [0.25, 0.3) is 32.9 Å². The maximum Gasteiger partial charge on any atom is 0.319 e. The third kappa shape index (κ3) is 4.94. The molecule has 41 heavy (non-hydrogen) atoms. The summed E-state index contributed by atoms with van der Waals surface area (Å²) in [4.78, 5) is 17.8. The molecule has 2 aromatic carbocycles. The zero-order valence-electron chi connectivity index (χ0n) is 23.8. The predicted octanol–water partition coefficient (Wildman–Crippen LogP) is 4.61. The average Bonchev–Trinajstić information content (AvgIpc) is 3.73. The number of hydrogen-bond donors (Lipinski definition) is 3. The summed E-state index contributed by atoms with van der Waals surface area (Å²) in [5.41, 5.74) is 9.70. The van der Waals surface area contributed by atoms with Gasteiger partial charge in [-0.25, -0.2) is 4.39 Å². The first kappa shape index (κ1) is 26.6. The molecule has 0 aliphatic carbocycles. The van der Waals surface area contributed by atoms with Gasteiger partial charge in [0.25, 0.3) is 0 Å². The normalized spacial score (nSPS) is 22.8. The Kier molecular flexibility index (Phi) is 7.27. The molecular weight excluding hydrogens is 517 g/mol. The zero-order valence-corrected chi connectivity index (χ0v) is 23.8. The number of ether oxygens (including phenoxy) is 1. The number of aromatic nitrogens is 3. The molecule has 4 aromatic rings. The molecule has 2 aromatic heterocycles. The first-order chi connectivity index (χ1) is 20.1. The maximum atomic E-state index is 16.6. The minimum absolute atomic E-state index is 0.258. The third-order valence-electron chi connectivity index (χ3n) is 9.30. The Morgan fingerprint density at radius 1 is 1.07 bits per heavy atom. The maximum absolute atomic E-state index is 16.6. The van der Waals surface area contributed by atoms with E-state index in [4.69, 9.17) is 20.4 Å². The van der Waals surface area contributed by atoms with Crippen LogP contribution in [0.4, 0.5) is 10.2 Å². The summed E-state index contributed by atoms with van der Waals surface area (Å²) < 4.78 is 22.9. The molecule has 3 fully saturated rings. The molecule has 0 amide bonds. The summed E-state index contributed by atoms with van der Waals surface area (Å²) in [5.74, 6) is 0.444. The number of nitrogens with zero attached hydrogens (tertiary/aromatic N) is 4. The van der Waals surface area contributed by atoms with Crippen LogP contribution in [0, 0.1) is 5.82 Å². The summed E-state index contributed by atoms with van der Waals surface area (Å²) in [7, 11) is 0. The van der Waals surface area contributed by atoms with Gasteiger partial charge in [0.1, 0.15) is 17.9 Å². The standard InChI is InChI=1S/C32H40FN7O/c1-2-20-6-3-8-27-28(20)26(16-35-27)24-11-12-25-30(29(24)33)37-32(41-19-23-7-4-14-39(23)15-5-13-34)38-31(25)40-17-21-9-10-22(18-40)36-21/h3,6,8,11-12,16,21-23,35-36H,2,4-5,7,9-10,13-15,17-19,34H2,1H3/t21-,22+,23-/m0/s1. The number of fused-ring (bicyclic) bond motifs is 4. The summed E-state index contributed by atoms with van der Waals surface area (Å²) in [6.45, 7) is 7.04. The van der Waals surface area contributed by atoms with Crippen LogP contribution >= 0.6 is 0 Å².